The molecular formula is C24H27N5O. The second kappa shape index (κ2) is 7.94. The number of carbonyl (C=O) groups is 1. The Balaban J connectivity index is 1.28. The van der Waals surface area contributed by atoms with Crippen molar-refractivity contribution >= 4 is 34.1 Å². The average molecular weight is 402 g/mol. The van der Waals surface area contributed by atoms with Crippen molar-refractivity contribution in [1.29, 1.82) is 0 Å². The molecule has 2 N–H and O–H groups in total. The number of urea groups is 1. The van der Waals surface area contributed by atoms with Crippen molar-refractivity contribution in [2.45, 2.75) is 45.1 Å². The van der Waals surface area contributed by atoms with Crippen LogP contribution >= 0.6 is 0 Å². The Morgan fingerprint density at radius 1 is 1.03 bits per heavy atom. The maximum Gasteiger partial charge on any atom is 0.323 e. The number of rotatable bonds is 4. The average Bonchev–Trinajstić information content (AvgIpc) is 2.80. The molecule has 30 heavy (non-hydrogen) atoms. The minimum Gasteiger partial charge on any atom is -0.353 e. The van der Waals surface area contributed by atoms with Gasteiger partial charge in [0.05, 0.1) is 17.4 Å². The number of anilines is 3. The highest BCUT2D eigenvalue weighted by molar-refractivity contribution is 6.00. The Kier molecular flexibility index (Phi) is 4.99. The molecule has 0 radical (unpaired) electrons. The highest BCUT2D eigenvalue weighted by Gasteiger charge is 2.34. The van der Waals surface area contributed by atoms with Crippen LogP contribution in [0.25, 0.3) is 10.9 Å². The van der Waals surface area contributed by atoms with Crippen molar-refractivity contribution in [2.75, 3.05) is 22.1 Å². The molecule has 1 aromatic carbocycles. The van der Waals surface area contributed by atoms with E-state index >= 15 is 0 Å². The Hall–Kier alpha value is -3.15. The summed E-state index contributed by atoms with van der Waals surface area (Å²) < 4.78 is 0. The van der Waals surface area contributed by atoms with E-state index in [1.807, 2.05) is 30.3 Å². The van der Waals surface area contributed by atoms with Crippen LogP contribution in [0.15, 0.2) is 48.7 Å². The number of fused-ring (bicyclic) bond motifs is 4. The number of nitrogens with one attached hydrogen (secondary N) is 2. The number of hydrogen-bond acceptors (Lipinski definition) is 4. The predicted octanol–water partition coefficient (Wildman–Crippen LogP) is 5.22. The number of nitrogens with zero attached hydrogens (tertiary/aromatic N) is 3. The van der Waals surface area contributed by atoms with Gasteiger partial charge in [-0.05, 0) is 80.5 Å². The third-order valence-corrected chi connectivity index (χ3v) is 6.38. The quantitative estimate of drug-likeness (QED) is 0.629. The predicted molar refractivity (Wildman–Crippen MR) is 121 cm³/mol. The molecule has 2 aromatic heterocycles. The van der Waals surface area contributed by atoms with Crippen LogP contribution in [0.3, 0.4) is 0 Å². The fourth-order valence-electron chi connectivity index (χ4n) is 4.70. The lowest BCUT2D eigenvalue weighted by atomic mass is 9.80. The van der Waals surface area contributed by atoms with E-state index in [4.69, 9.17) is 4.98 Å². The van der Waals surface area contributed by atoms with Gasteiger partial charge in [-0.25, -0.2) is 9.78 Å². The van der Waals surface area contributed by atoms with E-state index in [-0.39, 0.29) is 6.03 Å². The van der Waals surface area contributed by atoms with E-state index < -0.39 is 0 Å². The monoisotopic (exact) mass is 401 g/mol. The Labute approximate surface area is 176 Å². The van der Waals surface area contributed by atoms with Gasteiger partial charge in [-0.15, -0.1) is 0 Å². The van der Waals surface area contributed by atoms with Crippen molar-refractivity contribution in [3.63, 3.8) is 0 Å². The standard InChI is InChI=1S/C24H27N5O/c1-2-18-6-7-20(14-25-18)27-24(30)26-19-8-11-22-17(13-19)5-12-23(28-22)29-15-16-3-9-21(29)10-4-16/h5-8,11-14,16,21H,2-4,9-10,15H2,1H3,(H2,26,27,30). The van der Waals surface area contributed by atoms with Gasteiger partial charge >= 0.3 is 6.03 Å². The van der Waals surface area contributed by atoms with E-state index in [0.29, 0.717) is 11.7 Å². The van der Waals surface area contributed by atoms with Gasteiger partial charge in [0.15, 0.2) is 0 Å². The van der Waals surface area contributed by atoms with E-state index in [1.165, 1.54) is 25.7 Å². The summed E-state index contributed by atoms with van der Waals surface area (Å²) in [5.41, 5.74) is 3.37. The molecule has 2 amide bonds. The second-order valence-electron chi connectivity index (χ2n) is 8.37. The van der Waals surface area contributed by atoms with Crippen molar-refractivity contribution < 1.29 is 4.79 Å². The maximum absolute atomic E-state index is 12.3. The molecule has 6 rings (SSSR count). The highest BCUT2D eigenvalue weighted by Crippen LogP contribution is 2.37. The van der Waals surface area contributed by atoms with Gasteiger partial charge in [0, 0.05) is 29.4 Å². The summed E-state index contributed by atoms with van der Waals surface area (Å²) in [4.78, 5) is 24.0. The Morgan fingerprint density at radius 2 is 1.83 bits per heavy atom. The van der Waals surface area contributed by atoms with Gasteiger partial charge in [-0.1, -0.05) is 6.92 Å². The molecule has 154 valence electrons. The number of piperidine rings is 2. The van der Waals surface area contributed by atoms with Gasteiger partial charge in [-0.3, -0.25) is 4.98 Å². The zero-order valence-corrected chi connectivity index (χ0v) is 17.3. The number of hydrogen-bond donors (Lipinski definition) is 2. The fraction of sp³-hybridized carbons (Fsp3) is 0.375. The van der Waals surface area contributed by atoms with Crippen LogP contribution in [0, 0.1) is 5.92 Å². The minimum absolute atomic E-state index is 0.283. The molecule has 2 saturated heterocycles. The molecule has 4 heterocycles. The molecule has 0 atom stereocenters. The van der Waals surface area contributed by atoms with Crippen LogP contribution in [-0.4, -0.2) is 28.6 Å². The lowest BCUT2D eigenvalue weighted by Gasteiger charge is -2.46. The van der Waals surface area contributed by atoms with Crippen molar-refractivity contribution in [1.82, 2.24) is 9.97 Å². The van der Waals surface area contributed by atoms with Crippen molar-refractivity contribution in [3.05, 3.63) is 54.4 Å². The number of aryl methyl sites for hydroxylation is 1. The summed E-state index contributed by atoms with van der Waals surface area (Å²) in [5.74, 6) is 1.91. The molecule has 6 nitrogen and oxygen atoms in total. The van der Waals surface area contributed by atoms with Gasteiger partial charge in [0.25, 0.3) is 0 Å². The number of amides is 2. The molecule has 3 aromatic rings. The zero-order chi connectivity index (χ0) is 20.5. The summed E-state index contributed by atoms with van der Waals surface area (Å²) in [6, 6.07) is 14.2. The molecule has 6 heteroatoms. The van der Waals surface area contributed by atoms with Crippen LogP contribution in [0.5, 0.6) is 0 Å². The minimum atomic E-state index is -0.283. The summed E-state index contributed by atoms with van der Waals surface area (Å²) >= 11 is 0. The van der Waals surface area contributed by atoms with Gasteiger partial charge in [-0.2, -0.15) is 0 Å². The summed E-state index contributed by atoms with van der Waals surface area (Å²) in [6.45, 7) is 3.19. The lowest BCUT2D eigenvalue weighted by molar-refractivity contribution is 0.251. The Bertz CT molecular complexity index is 1060. The SMILES string of the molecule is CCc1ccc(NC(=O)Nc2ccc3nc(N4CC5CCC4CC5)ccc3c2)cn1. The normalized spacial score (nSPS) is 20.4. The number of benzene rings is 1. The lowest BCUT2D eigenvalue weighted by Crippen LogP contribution is -2.48. The smallest absolute Gasteiger partial charge is 0.323 e. The molecule has 2 bridgehead atoms. The van der Waals surface area contributed by atoms with Crippen LogP contribution in [-0.2, 0) is 6.42 Å². The van der Waals surface area contributed by atoms with Crippen LogP contribution < -0.4 is 15.5 Å². The third kappa shape index (κ3) is 3.82. The third-order valence-electron chi connectivity index (χ3n) is 6.38. The first-order chi connectivity index (χ1) is 14.7. The highest BCUT2D eigenvalue weighted by atomic mass is 16.2. The van der Waals surface area contributed by atoms with E-state index in [9.17, 15) is 4.79 Å². The summed E-state index contributed by atoms with van der Waals surface area (Å²) in [6.07, 6.45) is 7.86. The molecule has 2 aliphatic heterocycles. The van der Waals surface area contributed by atoms with Gasteiger partial charge < -0.3 is 15.5 Å². The summed E-state index contributed by atoms with van der Waals surface area (Å²) in [5, 5.41) is 6.74. The van der Waals surface area contributed by atoms with E-state index in [2.05, 4.69) is 39.6 Å². The largest absolute Gasteiger partial charge is 0.353 e. The van der Waals surface area contributed by atoms with Gasteiger partial charge in [0.2, 0.25) is 0 Å². The van der Waals surface area contributed by atoms with E-state index in [1.54, 1.807) is 6.20 Å². The number of pyridine rings is 2. The fourth-order valence-corrected chi connectivity index (χ4v) is 4.70. The molecule has 0 spiro atoms. The molecular weight excluding hydrogens is 374 g/mol. The topological polar surface area (TPSA) is 70.2 Å². The summed E-state index contributed by atoms with van der Waals surface area (Å²) in [7, 11) is 0. The van der Waals surface area contributed by atoms with Crippen molar-refractivity contribution in [3.8, 4) is 0 Å². The van der Waals surface area contributed by atoms with E-state index in [0.717, 1.165) is 47.0 Å². The van der Waals surface area contributed by atoms with Crippen LogP contribution in [0.2, 0.25) is 0 Å². The van der Waals surface area contributed by atoms with Crippen LogP contribution in [0.4, 0.5) is 22.0 Å². The zero-order valence-electron chi connectivity index (χ0n) is 17.3. The van der Waals surface area contributed by atoms with Gasteiger partial charge in [0.1, 0.15) is 5.82 Å². The van der Waals surface area contributed by atoms with Crippen molar-refractivity contribution in [2.24, 2.45) is 5.92 Å². The first-order valence-electron chi connectivity index (χ1n) is 10.9. The van der Waals surface area contributed by atoms with Crippen LogP contribution in [0.1, 0.15) is 38.3 Å². The Morgan fingerprint density at radius 3 is 2.53 bits per heavy atom. The molecule has 1 saturated carbocycles. The number of carbonyl (C=O) groups excluding carboxylic acids is 1. The molecule has 1 aliphatic carbocycles. The maximum atomic E-state index is 12.3. The molecule has 3 aliphatic rings. The first-order valence-corrected chi connectivity index (χ1v) is 10.9. The first kappa shape index (κ1) is 18.9. The second-order valence-corrected chi connectivity index (χ2v) is 8.37. The molecule has 0 unspecified atom stereocenters. The molecule has 3 fully saturated rings. The number of aromatic nitrogens is 2.